The molecule has 10 aliphatic rings. The van der Waals surface area contributed by atoms with Crippen molar-refractivity contribution in [3.05, 3.63) is 89.9 Å². The summed E-state index contributed by atoms with van der Waals surface area (Å²) in [6.45, 7) is 13.9. The lowest BCUT2D eigenvalue weighted by Gasteiger charge is -2.69. The SMILES string of the molecule is C=C1C[C@@H]2CC[C@]34C[C@@H](O)[C@@H]5C(O3)[C@@H]3[C@H]5O[C@H]5CC[C@H](CC(=O)C[C@@H]6[C@@H](OC)[C@@H](C[C@H](O)CNC(O)OCc7ccc(N(CCOCCOCCOCCn8cc(COCCOCCOCCC(=O)ON9C(=O)CCC9=O)nn8)S(=O)(=O)c8ccc(C#N)cn8)cc7)O[C@H]6C[C@H]6O[C@@H](CC[C@@H]1O2)C[C@@H](C)C6=C)O[C@@H]5[C@@H]3O4. The van der Waals surface area contributed by atoms with Crippen molar-refractivity contribution in [1.29, 1.82) is 5.26 Å². The number of aliphatic hydroxyl groups is 3. The average molecular weight is 1580 g/mol. The highest BCUT2D eigenvalue weighted by Crippen LogP contribution is 2.61. The Morgan fingerprint density at radius 3 is 2.20 bits per heavy atom. The van der Waals surface area contributed by atoms with E-state index in [1.807, 2.05) is 6.07 Å². The van der Waals surface area contributed by atoms with Crippen molar-refractivity contribution < 1.29 is 119 Å². The number of nitrogens with one attached hydrogen (secondary N) is 1. The lowest BCUT2D eigenvalue weighted by atomic mass is 9.57. The molecular weight excluding hydrogens is 1470 g/mol. The minimum absolute atomic E-state index is 0.000356. The van der Waals surface area contributed by atoms with Gasteiger partial charge in [0.1, 0.15) is 23.7 Å². The van der Waals surface area contributed by atoms with Gasteiger partial charge in [-0.25, -0.2) is 14.5 Å². The highest BCUT2D eigenvalue weighted by Gasteiger charge is 2.72. The fraction of sp³-hybridized carbons (Fsp3) is 0.714. The molecule has 111 heavy (non-hydrogen) atoms. The quantitative estimate of drug-likeness (QED) is 0.0279. The number of anilines is 1. The Hall–Kier alpha value is -6.25. The molecule has 34 heteroatoms. The van der Waals surface area contributed by atoms with Crippen molar-refractivity contribution in [1.82, 2.24) is 30.4 Å². The second kappa shape index (κ2) is 38.5. The topological polar surface area (TPSA) is 397 Å². The number of hydroxylamine groups is 2. The highest BCUT2D eigenvalue weighted by molar-refractivity contribution is 7.92. The van der Waals surface area contributed by atoms with Gasteiger partial charge in [-0.3, -0.25) is 24.0 Å². The number of sulfonamides is 1. The Bertz CT molecular complexity index is 3780. The van der Waals surface area contributed by atoms with Crippen LogP contribution in [0.2, 0.25) is 0 Å². The number of carbonyl (C=O) groups is 4. The van der Waals surface area contributed by atoms with Crippen LogP contribution >= 0.6 is 0 Å². The summed E-state index contributed by atoms with van der Waals surface area (Å²) in [7, 11) is -2.68. The van der Waals surface area contributed by atoms with E-state index >= 15 is 0 Å². The number of Topliss-reactive ketones (excluding diaryl/α,β-unsaturated/α-hetero) is 1. The molecule has 1 spiro atoms. The molecule has 13 rings (SSSR count). The van der Waals surface area contributed by atoms with Gasteiger partial charge in [0.05, 0.1) is 208 Å². The van der Waals surface area contributed by atoms with Crippen LogP contribution in [0.5, 0.6) is 0 Å². The van der Waals surface area contributed by atoms with Gasteiger partial charge >= 0.3 is 5.97 Å². The molecule has 33 nitrogen and oxygen atoms in total. The molecule has 1 aliphatic carbocycles. The van der Waals surface area contributed by atoms with Crippen molar-refractivity contribution in [2.45, 2.75) is 238 Å². The molecule has 9 saturated heterocycles. The van der Waals surface area contributed by atoms with Gasteiger partial charge < -0.3 is 91.2 Å². The van der Waals surface area contributed by atoms with E-state index in [1.54, 1.807) is 42.3 Å². The van der Waals surface area contributed by atoms with Crippen molar-refractivity contribution in [3.63, 3.8) is 0 Å². The summed E-state index contributed by atoms with van der Waals surface area (Å²) in [6.07, 6.45) is 2.18. The van der Waals surface area contributed by atoms with E-state index in [0.29, 0.717) is 87.8 Å². The van der Waals surface area contributed by atoms with Crippen molar-refractivity contribution in [3.8, 4) is 6.07 Å². The zero-order valence-corrected chi connectivity index (χ0v) is 63.9. The van der Waals surface area contributed by atoms with Crippen LogP contribution in [0.3, 0.4) is 0 Å². The lowest BCUT2D eigenvalue weighted by Crippen LogP contribution is -2.81. The van der Waals surface area contributed by atoms with Gasteiger partial charge in [0.15, 0.2) is 10.8 Å². The molecule has 9 bridgehead atoms. The summed E-state index contributed by atoms with van der Waals surface area (Å²) < 4.78 is 125. The van der Waals surface area contributed by atoms with Gasteiger partial charge in [-0.1, -0.05) is 37.4 Å². The standard InChI is InChI=1S/C77H106N8O25S/c1-46-33-55-10-12-60-47(2)34-57(103-60)17-19-77-39-59(88)69-73-70(74(69)108-77)75(109-77)72-61(107-73)13-11-56(105-72)35-53(86)36-58-63(38-62(104-55)48(46)3)106-64(71(58)95-4)37-54(87)42-80-76(92)102-44-49-5-8-52(9-6-49)84(111(93,94)65-14-7-50(40-78)41-79-65)21-24-98-27-30-99-29-26-97-23-20-83-43-51(81-82-83)45-101-32-31-100-28-25-96-22-18-68(91)110-85-66(89)15-16-67(85)90/h5-9,14,41,43,46,54-64,69-76,80,87-88,92H,2-3,10-13,15-39,42,44-45H2,1,4H3/t46-,54+,55+,56-,57+,58+,59-,60+,61+,62-,63+,64-,69+,70+,71-,72+,73+,74?,75-,76?,77+/m1/s1. The molecule has 1 aromatic carbocycles. The van der Waals surface area contributed by atoms with E-state index in [2.05, 4.69) is 40.7 Å². The smallest absolute Gasteiger partial charge is 0.335 e. The summed E-state index contributed by atoms with van der Waals surface area (Å²) in [6, 6.07) is 11.1. The Morgan fingerprint density at radius 1 is 0.757 bits per heavy atom. The number of benzene rings is 1. The fourth-order valence-corrected chi connectivity index (χ4v) is 18.5. The van der Waals surface area contributed by atoms with E-state index in [0.717, 1.165) is 41.1 Å². The predicted octanol–water partition coefficient (Wildman–Crippen LogP) is 3.75. The van der Waals surface area contributed by atoms with E-state index in [4.69, 9.17) is 75.9 Å². The summed E-state index contributed by atoms with van der Waals surface area (Å²) in [5.74, 6) is -3.30. The van der Waals surface area contributed by atoms with E-state index in [1.165, 1.54) is 18.3 Å². The van der Waals surface area contributed by atoms with Crippen LogP contribution in [-0.4, -0.2) is 269 Å². The van der Waals surface area contributed by atoms with Gasteiger partial charge in [0, 0.05) is 89.0 Å². The third-order valence-corrected chi connectivity index (χ3v) is 24.6. The maximum atomic E-state index is 14.6. The molecule has 0 radical (unpaired) electrons. The second-order valence-corrected chi connectivity index (χ2v) is 32.3. The van der Waals surface area contributed by atoms with E-state index < -0.39 is 82.5 Å². The average Bonchev–Trinajstić information content (AvgIpc) is 1.67. The maximum Gasteiger partial charge on any atom is 0.335 e. The number of nitriles is 1. The number of fused-ring (bicyclic) bond motifs is 7. The number of hydrogen-bond donors (Lipinski definition) is 4. The summed E-state index contributed by atoms with van der Waals surface area (Å²) >= 11 is 0. The molecule has 9 aliphatic heterocycles. The van der Waals surface area contributed by atoms with Crippen molar-refractivity contribution in [2.24, 2.45) is 23.7 Å². The molecule has 11 heterocycles. The highest BCUT2D eigenvalue weighted by atomic mass is 32.2. The number of ketones is 1. The molecule has 2 amide bonds. The van der Waals surface area contributed by atoms with Gasteiger partial charge in [0.25, 0.3) is 21.8 Å². The monoisotopic (exact) mass is 1570 g/mol. The number of pyridine rings is 1. The van der Waals surface area contributed by atoms with Crippen LogP contribution < -0.4 is 9.62 Å². The predicted molar refractivity (Wildman–Crippen MR) is 386 cm³/mol. The van der Waals surface area contributed by atoms with Crippen LogP contribution in [-0.2, 0) is 125 Å². The first-order valence-corrected chi connectivity index (χ1v) is 40.5. The lowest BCUT2D eigenvalue weighted by molar-refractivity contribution is -0.470. The zero-order chi connectivity index (χ0) is 77.8. The molecular formula is C77H106N8O25S. The molecule has 610 valence electrons. The third-order valence-electron chi connectivity index (χ3n) is 22.8. The summed E-state index contributed by atoms with van der Waals surface area (Å²) in [5, 5.41) is 55.0. The number of carbonyl (C=O) groups excluding carboxylic acids is 4. The Kier molecular flexibility index (Phi) is 28.7. The Labute approximate surface area is 646 Å². The largest absolute Gasteiger partial charge is 0.392 e. The molecule has 3 aromatic rings. The molecule has 1 saturated carbocycles. The fourth-order valence-electron chi connectivity index (χ4n) is 17.1. The number of amides is 2. The molecule has 2 unspecified atom stereocenters. The van der Waals surface area contributed by atoms with E-state index in [-0.39, 0.29) is 206 Å². The molecule has 10 fully saturated rings. The number of ether oxygens (including phenoxy) is 15. The summed E-state index contributed by atoms with van der Waals surface area (Å²) in [4.78, 5) is 58.5. The number of methoxy groups -OCH3 is 1. The van der Waals surface area contributed by atoms with Crippen LogP contribution in [0.1, 0.15) is 126 Å². The minimum atomic E-state index is -4.27. The molecule has 2 aromatic heterocycles. The van der Waals surface area contributed by atoms with Crippen LogP contribution in [0, 0.1) is 35.0 Å². The van der Waals surface area contributed by atoms with Crippen molar-refractivity contribution in [2.75, 3.05) is 97.2 Å². The van der Waals surface area contributed by atoms with E-state index in [9.17, 15) is 48.2 Å². The van der Waals surface area contributed by atoms with Crippen LogP contribution in [0.15, 0.2) is 78.1 Å². The molecule has 4 N–H and O–H groups in total. The second-order valence-electron chi connectivity index (χ2n) is 30.5. The third kappa shape index (κ3) is 20.7. The zero-order valence-electron chi connectivity index (χ0n) is 63.1. The normalized spacial score (nSPS) is 32.5. The minimum Gasteiger partial charge on any atom is -0.392 e. The first-order valence-electron chi connectivity index (χ1n) is 39.0. The first kappa shape index (κ1) is 82.7. The van der Waals surface area contributed by atoms with Gasteiger partial charge in [-0.15, -0.1) is 10.2 Å². The van der Waals surface area contributed by atoms with Crippen molar-refractivity contribution >= 4 is 39.3 Å². The number of aliphatic hydroxyl groups excluding tert-OH is 3. The van der Waals surface area contributed by atoms with Crippen LogP contribution in [0.25, 0.3) is 0 Å². The number of aromatic nitrogens is 4. The maximum absolute atomic E-state index is 14.6. The van der Waals surface area contributed by atoms with Gasteiger partial charge in [0.2, 0.25) is 6.41 Å². The van der Waals surface area contributed by atoms with Crippen LogP contribution in [0.4, 0.5) is 5.69 Å². The number of nitrogens with zero attached hydrogens (tertiary/aromatic N) is 7. The Balaban J connectivity index is 0.538. The summed E-state index contributed by atoms with van der Waals surface area (Å²) in [5.41, 5.74) is 3.70. The number of rotatable bonds is 36. The Morgan fingerprint density at radius 2 is 1.46 bits per heavy atom. The first-order chi connectivity index (χ1) is 53.7. The van der Waals surface area contributed by atoms with Gasteiger partial charge in [-0.2, -0.15) is 13.7 Å². The number of hydrogen-bond acceptors (Lipinski definition) is 30. The molecule has 21 atom stereocenters. The van der Waals surface area contributed by atoms with Gasteiger partial charge in [-0.05, 0) is 91.8 Å². The number of imide groups is 1.